The van der Waals surface area contributed by atoms with Gasteiger partial charge in [0.25, 0.3) is 0 Å². The summed E-state index contributed by atoms with van der Waals surface area (Å²) >= 11 is 9.57. The number of rotatable bonds is 5. The molecule has 2 heterocycles. The van der Waals surface area contributed by atoms with Crippen molar-refractivity contribution in [2.45, 2.75) is 19.4 Å². The topological polar surface area (TPSA) is 12.0 Å². The van der Waals surface area contributed by atoms with Crippen LogP contribution in [0.15, 0.2) is 41.8 Å². The van der Waals surface area contributed by atoms with Gasteiger partial charge in [0.05, 0.1) is 4.34 Å². The molecule has 0 aliphatic rings. The third-order valence-corrected chi connectivity index (χ3v) is 5.73. The van der Waals surface area contributed by atoms with Crippen molar-refractivity contribution in [2.75, 3.05) is 6.54 Å². The van der Waals surface area contributed by atoms with Crippen LogP contribution in [0.4, 0.5) is 0 Å². The molecule has 3 rings (SSSR count). The van der Waals surface area contributed by atoms with Crippen LogP contribution in [0.2, 0.25) is 4.34 Å². The van der Waals surface area contributed by atoms with Crippen molar-refractivity contribution in [1.29, 1.82) is 0 Å². The van der Waals surface area contributed by atoms with Crippen LogP contribution in [0.3, 0.4) is 0 Å². The zero-order chi connectivity index (χ0) is 13.9. The van der Waals surface area contributed by atoms with Crippen molar-refractivity contribution in [3.05, 3.63) is 56.6 Å². The first-order chi connectivity index (χ1) is 9.78. The maximum absolute atomic E-state index is 6.07. The summed E-state index contributed by atoms with van der Waals surface area (Å²) in [5, 5.41) is 7.23. The van der Waals surface area contributed by atoms with Gasteiger partial charge in [-0.1, -0.05) is 36.7 Å². The molecule has 20 heavy (non-hydrogen) atoms. The molecule has 0 saturated heterocycles. The molecule has 1 aromatic carbocycles. The number of hydrogen-bond donors (Lipinski definition) is 1. The van der Waals surface area contributed by atoms with Gasteiger partial charge in [0.2, 0.25) is 0 Å². The standard InChI is InChI=1S/C16H16ClNS2/c1-2-18-13(15-7-8-16(17)20-15)9-11-10-19-14-6-4-3-5-12(11)14/h3-8,10,13,18H,2,9H2,1H3. The quantitative estimate of drug-likeness (QED) is 0.653. The smallest absolute Gasteiger partial charge is 0.0931 e. The molecule has 1 nitrogen and oxygen atoms in total. The molecule has 0 fully saturated rings. The highest BCUT2D eigenvalue weighted by molar-refractivity contribution is 7.17. The third kappa shape index (κ3) is 2.91. The van der Waals surface area contributed by atoms with Crippen LogP contribution in [-0.2, 0) is 6.42 Å². The lowest BCUT2D eigenvalue weighted by molar-refractivity contribution is 0.560. The fourth-order valence-electron chi connectivity index (χ4n) is 2.45. The Hall–Kier alpha value is -0.870. The molecule has 0 spiro atoms. The van der Waals surface area contributed by atoms with E-state index in [2.05, 4.69) is 48.0 Å². The van der Waals surface area contributed by atoms with E-state index in [-0.39, 0.29) is 0 Å². The molecule has 1 N–H and O–H groups in total. The minimum absolute atomic E-state index is 0.343. The van der Waals surface area contributed by atoms with Gasteiger partial charge in [0, 0.05) is 15.6 Å². The molecule has 0 aliphatic carbocycles. The summed E-state index contributed by atoms with van der Waals surface area (Å²) in [6.45, 7) is 3.11. The Labute approximate surface area is 132 Å². The monoisotopic (exact) mass is 321 g/mol. The van der Waals surface area contributed by atoms with Crippen molar-refractivity contribution >= 4 is 44.4 Å². The van der Waals surface area contributed by atoms with Crippen molar-refractivity contribution in [3.63, 3.8) is 0 Å². The molecule has 0 saturated carbocycles. The third-order valence-electron chi connectivity index (χ3n) is 3.37. The second-order valence-electron chi connectivity index (χ2n) is 4.71. The molecular weight excluding hydrogens is 306 g/mol. The fraction of sp³-hybridized carbons (Fsp3) is 0.250. The summed E-state index contributed by atoms with van der Waals surface area (Å²) in [6.07, 6.45) is 1.01. The molecular formula is C16H16ClNS2. The molecule has 104 valence electrons. The van der Waals surface area contributed by atoms with Crippen molar-refractivity contribution < 1.29 is 0 Å². The molecule has 0 amide bonds. The van der Waals surface area contributed by atoms with Gasteiger partial charge in [0.15, 0.2) is 0 Å². The van der Waals surface area contributed by atoms with E-state index in [1.165, 1.54) is 20.5 Å². The Kier molecular flexibility index (Phi) is 4.41. The second-order valence-corrected chi connectivity index (χ2v) is 7.37. The van der Waals surface area contributed by atoms with Crippen molar-refractivity contribution in [1.82, 2.24) is 5.32 Å². The van der Waals surface area contributed by atoms with E-state index in [9.17, 15) is 0 Å². The van der Waals surface area contributed by atoms with Crippen LogP contribution in [0, 0.1) is 0 Å². The van der Waals surface area contributed by atoms with E-state index < -0.39 is 0 Å². The first-order valence-electron chi connectivity index (χ1n) is 6.71. The summed E-state index contributed by atoms with van der Waals surface area (Å²) in [5.74, 6) is 0. The minimum Gasteiger partial charge on any atom is -0.309 e. The van der Waals surface area contributed by atoms with Gasteiger partial charge in [-0.2, -0.15) is 0 Å². The van der Waals surface area contributed by atoms with Crippen LogP contribution in [0.25, 0.3) is 10.1 Å². The average Bonchev–Trinajstić information content (AvgIpc) is 3.05. The van der Waals surface area contributed by atoms with E-state index in [0.717, 1.165) is 17.3 Å². The molecule has 0 bridgehead atoms. The summed E-state index contributed by atoms with van der Waals surface area (Å²) in [7, 11) is 0. The first-order valence-corrected chi connectivity index (χ1v) is 8.79. The van der Waals surface area contributed by atoms with Gasteiger partial charge >= 0.3 is 0 Å². The van der Waals surface area contributed by atoms with Gasteiger partial charge in [-0.15, -0.1) is 22.7 Å². The summed E-state index contributed by atoms with van der Waals surface area (Å²) in [6, 6.07) is 13.1. The maximum Gasteiger partial charge on any atom is 0.0931 e. The zero-order valence-corrected chi connectivity index (χ0v) is 13.6. The highest BCUT2D eigenvalue weighted by atomic mass is 35.5. The average molecular weight is 322 g/mol. The van der Waals surface area contributed by atoms with Gasteiger partial charge < -0.3 is 5.32 Å². The number of benzene rings is 1. The van der Waals surface area contributed by atoms with Gasteiger partial charge in [-0.05, 0) is 47.5 Å². The normalized spacial score (nSPS) is 12.9. The highest BCUT2D eigenvalue weighted by Crippen LogP contribution is 2.32. The van der Waals surface area contributed by atoms with Gasteiger partial charge in [-0.25, -0.2) is 0 Å². The fourth-order valence-corrected chi connectivity index (χ4v) is 4.56. The van der Waals surface area contributed by atoms with Gasteiger partial charge in [0.1, 0.15) is 0 Å². The lowest BCUT2D eigenvalue weighted by Gasteiger charge is -2.16. The SMILES string of the molecule is CCNC(Cc1csc2ccccc12)c1ccc(Cl)s1. The molecule has 1 atom stereocenters. The van der Waals surface area contributed by atoms with E-state index in [1.54, 1.807) is 11.3 Å². The Morgan fingerprint density at radius 3 is 2.80 bits per heavy atom. The molecule has 1 unspecified atom stereocenters. The molecule has 3 aromatic rings. The molecule has 4 heteroatoms. The van der Waals surface area contributed by atoms with Crippen LogP contribution in [-0.4, -0.2) is 6.54 Å². The van der Waals surface area contributed by atoms with Crippen LogP contribution in [0.1, 0.15) is 23.4 Å². The first kappa shape index (κ1) is 14.1. The van der Waals surface area contributed by atoms with E-state index >= 15 is 0 Å². The highest BCUT2D eigenvalue weighted by Gasteiger charge is 2.15. The van der Waals surface area contributed by atoms with Crippen molar-refractivity contribution in [2.24, 2.45) is 0 Å². The van der Waals surface area contributed by atoms with E-state index in [4.69, 9.17) is 11.6 Å². The predicted molar refractivity (Wildman–Crippen MR) is 91.3 cm³/mol. The number of likely N-dealkylation sites (N-methyl/N-ethyl adjacent to an activating group) is 1. The Morgan fingerprint density at radius 1 is 1.20 bits per heavy atom. The number of thiophene rings is 2. The number of hydrogen-bond acceptors (Lipinski definition) is 3. The summed E-state index contributed by atoms with van der Waals surface area (Å²) in [5.41, 5.74) is 1.42. The number of halogens is 1. The Bertz CT molecular complexity index is 701. The van der Waals surface area contributed by atoms with E-state index in [0.29, 0.717) is 6.04 Å². The summed E-state index contributed by atoms with van der Waals surface area (Å²) in [4.78, 5) is 1.31. The lowest BCUT2D eigenvalue weighted by Crippen LogP contribution is -2.21. The van der Waals surface area contributed by atoms with Crippen LogP contribution in [0.5, 0.6) is 0 Å². The Balaban J connectivity index is 1.90. The van der Waals surface area contributed by atoms with Crippen molar-refractivity contribution in [3.8, 4) is 0 Å². The molecule has 2 aromatic heterocycles. The lowest BCUT2D eigenvalue weighted by atomic mass is 10.0. The largest absolute Gasteiger partial charge is 0.309 e. The van der Waals surface area contributed by atoms with Gasteiger partial charge in [-0.3, -0.25) is 0 Å². The zero-order valence-electron chi connectivity index (χ0n) is 11.2. The minimum atomic E-state index is 0.343. The summed E-state index contributed by atoms with van der Waals surface area (Å²) < 4.78 is 2.22. The van der Waals surface area contributed by atoms with Crippen LogP contribution >= 0.6 is 34.3 Å². The number of nitrogens with one attached hydrogen (secondary N) is 1. The Morgan fingerprint density at radius 2 is 2.05 bits per heavy atom. The number of fused-ring (bicyclic) bond motifs is 1. The maximum atomic E-state index is 6.07. The second kappa shape index (κ2) is 6.27. The van der Waals surface area contributed by atoms with Crippen LogP contribution < -0.4 is 5.32 Å². The molecule has 0 aliphatic heterocycles. The molecule has 0 radical (unpaired) electrons. The van der Waals surface area contributed by atoms with E-state index in [1.807, 2.05) is 17.4 Å². The predicted octanol–water partition coefficient (Wildman–Crippen LogP) is 5.51.